The van der Waals surface area contributed by atoms with Gasteiger partial charge in [-0.1, -0.05) is 0 Å². The van der Waals surface area contributed by atoms with Crippen molar-refractivity contribution in [3.8, 4) is 0 Å². The van der Waals surface area contributed by atoms with Crippen LogP contribution in [0.5, 0.6) is 0 Å². The summed E-state index contributed by atoms with van der Waals surface area (Å²) in [7, 11) is 0. The summed E-state index contributed by atoms with van der Waals surface area (Å²) < 4.78 is 5.36. The molecule has 0 saturated carbocycles. The number of nitrogens with one attached hydrogen (secondary N) is 2. The Balaban J connectivity index is 2.01. The third-order valence-electron chi connectivity index (χ3n) is 2.75. The number of nitrogens with zero attached hydrogens (tertiary/aromatic N) is 1. The second-order valence-electron chi connectivity index (χ2n) is 4.34. The van der Waals surface area contributed by atoms with Crippen LogP contribution >= 0.6 is 11.8 Å². The minimum absolute atomic E-state index is 0.106. The van der Waals surface area contributed by atoms with Crippen LogP contribution in [0, 0.1) is 0 Å². The van der Waals surface area contributed by atoms with Crippen LogP contribution in [0.1, 0.15) is 22.0 Å². The summed E-state index contributed by atoms with van der Waals surface area (Å²) in [6.07, 6.45) is 5.02. The van der Waals surface area contributed by atoms with Gasteiger partial charge in [0.1, 0.15) is 11.8 Å². The Morgan fingerprint density at radius 3 is 2.95 bits per heavy atom. The number of aliphatic carboxylic acids is 1. The van der Waals surface area contributed by atoms with E-state index in [0.717, 1.165) is 0 Å². The van der Waals surface area contributed by atoms with Crippen LogP contribution < -0.4 is 5.32 Å². The molecular formula is C13H15N3O4S. The molecule has 0 bridgehead atoms. The molecule has 2 aromatic heterocycles. The van der Waals surface area contributed by atoms with Gasteiger partial charge in [-0.2, -0.15) is 11.8 Å². The Bertz CT molecular complexity index is 609. The molecule has 2 aromatic rings. The normalized spacial score (nSPS) is 12.0. The standard InChI is InChI=1S/C13H15N3O4S/c1-21-6-9-2-3-11(20-9)12(17)16-10(13(18)19)4-8-5-14-7-15-8/h2-3,5,7,10H,4,6H2,1H3,(H,14,15)(H,16,17)(H,18,19)/t10-/m1/s1. The number of hydrogen-bond donors (Lipinski definition) is 3. The van der Waals surface area contributed by atoms with Crippen molar-refractivity contribution in [1.29, 1.82) is 0 Å². The second-order valence-corrected chi connectivity index (χ2v) is 5.21. The van der Waals surface area contributed by atoms with Crippen molar-refractivity contribution in [2.24, 2.45) is 0 Å². The van der Waals surface area contributed by atoms with Crippen molar-refractivity contribution in [2.45, 2.75) is 18.2 Å². The fraction of sp³-hybridized carbons (Fsp3) is 0.308. The van der Waals surface area contributed by atoms with E-state index in [1.54, 1.807) is 17.8 Å². The largest absolute Gasteiger partial charge is 0.480 e. The highest BCUT2D eigenvalue weighted by Crippen LogP contribution is 2.13. The molecule has 7 nitrogen and oxygen atoms in total. The number of carboxylic acid groups (broad SMARTS) is 1. The molecule has 1 amide bonds. The molecule has 21 heavy (non-hydrogen) atoms. The maximum atomic E-state index is 12.0. The van der Waals surface area contributed by atoms with Crippen LogP contribution in [-0.4, -0.2) is 39.2 Å². The van der Waals surface area contributed by atoms with Gasteiger partial charge in [0.2, 0.25) is 0 Å². The molecule has 2 rings (SSSR count). The summed E-state index contributed by atoms with van der Waals surface area (Å²) >= 11 is 1.57. The molecule has 0 aliphatic rings. The van der Waals surface area contributed by atoms with Crippen LogP contribution in [0.3, 0.4) is 0 Å². The van der Waals surface area contributed by atoms with Crippen molar-refractivity contribution in [1.82, 2.24) is 15.3 Å². The van der Waals surface area contributed by atoms with E-state index < -0.39 is 17.9 Å². The number of carboxylic acids is 1. The molecular weight excluding hydrogens is 294 g/mol. The van der Waals surface area contributed by atoms with Crippen molar-refractivity contribution in [2.75, 3.05) is 6.26 Å². The van der Waals surface area contributed by atoms with Crippen molar-refractivity contribution < 1.29 is 19.1 Å². The van der Waals surface area contributed by atoms with E-state index in [1.165, 1.54) is 18.6 Å². The number of H-pyrrole nitrogens is 1. The fourth-order valence-corrected chi connectivity index (χ4v) is 2.21. The minimum Gasteiger partial charge on any atom is -0.480 e. The van der Waals surface area contributed by atoms with Gasteiger partial charge in [0.15, 0.2) is 5.76 Å². The first-order chi connectivity index (χ1) is 10.1. The quantitative estimate of drug-likeness (QED) is 0.711. The maximum Gasteiger partial charge on any atom is 0.326 e. The van der Waals surface area contributed by atoms with Gasteiger partial charge in [0.05, 0.1) is 12.1 Å². The first kappa shape index (κ1) is 15.2. The van der Waals surface area contributed by atoms with Gasteiger partial charge in [-0.05, 0) is 18.4 Å². The van der Waals surface area contributed by atoms with E-state index >= 15 is 0 Å². The lowest BCUT2D eigenvalue weighted by Gasteiger charge is -2.12. The molecule has 8 heteroatoms. The van der Waals surface area contributed by atoms with Crippen molar-refractivity contribution in [3.05, 3.63) is 41.9 Å². The number of hydrogen-bond acceptors (Lipinski definition) is 5. The molecule has 0 aliphatic heterocycles. The van der Waals surface area contributed by atoms with Crippen LogP contribution in [0.4, 0.5) is 0 Å². The van der Waals surface area contributed by atoms with Gasteiger partial charge >= 0.3 is 5.97 Å². The van der Waals surface area contributed by atoms with E-state index in [4.69, 9.17) is 4.42 Å². The third-order valence-corrected chi connectivity index (χ3v) is 3.33. The Morgan fingerprint density at radius 2 is 2.33 bits per heavy atom. The van der Waals surface area contributed by atoms with Gasteiger partial charge in [-0.15, -0.1) is 0 Å². The predicted molar refractivity (Wildman–Crippen MR) is 77.1 cm³/mol. The lowest BCUT2D eigenvalue weighted by atomic mass is 10.1. The smallest absolute Gasteiger partial charge is 0.326 e. The molecule has 112 valence electrons. The van der Waals surface area contributed by atoms with E-state index in [0.29, 0.717) is 17.2 Å². The summed E-state index contributed by atoms with van der Waals surface area (Å²) in [5.74, 6) is -0.227. The molecule has 0 aromatic carbocycles. The number of imidazole rings is 1. The Kier molecular flexibility index (Phi) is 5.04. The monoisotopic (exact) mass is 309 g/mol. The molecule has 0 fully saturated rings. The number of aromatic nitrogens is 2. The Morgan fingerprint density at radius 1 is 1.52 bits per heavy atom. The van der Waals surface area contributed by atoms with E-state index in [-0.39, 0.29) is 12.2 Å². The molecule has 0 spiro atoms. The number of amides is 1. The van der Waals surface area contributed by atoms with Gasteiger partial charge in [0, 0.05) is 18.3 Å². The average Bonchev–Trinajstić information content (AvgIpc) is 3.09. The summed E-state index contributed by atoms with van der Waals surface area (Å²) in [6, 6.07) is 2.19. The van der Waals surface area contributed by atoms with Crippen LogP contribution in [0.25, 0.3) is 0 Å². The lowest BCUT2D eigenvalue weighted by Crippen LogP contribution is -2.42. The molecule has 0 unspecified atom stereocenters. The molecule has 0 aliphatic carbocycles. The molecule has 1 atom stereocenters. The van der Waals surface area contributed by atoms with E-state index in [2.05, 4.69) is 15.3 Å². The molecule has 0 saturated heterocycles. The number of carbonyl (C=O) groups is 2. The zero-order valence-corrected chi connectivity index (χ0v) is 12.1. The predicted octanol–water partition coefficient (Wildman–Crippen LogP) is 1.29. The summed E-state index contributed by atoms with van der Waals surface area (Å²) in [5, 5.41) is 11.6. The van der Waals surface area contributed by atoms with Gasteiger partial charge in [-0.3, -0.25) is 4.79 Å². The third kappa shape index (κ3) is 4.12. The first-order valence-corrected chi connectivity index (χ1v) is 7.58. The zero-order chi connectivity index (χ0) is 15.2. The van der Waals surface area contributed by atoms with Crippen molar-refractivity contribution in [3.63, 3.8) is 0 Å². The summed E-state index contributed by atoms with van der Waals surface area (Å²) in [6.45, 7) is 0. The van der Waals surface area contributed by atoms with E-state index in [1.807, 2.05) is 6.26 Å². The highest BCUT2D eigenvalue weighted by Gasteiger charge is 2.23. The molecule has 2 heterocycles. The number of carbonyl (C=O) groups excluding carboxylic acids is 1. The number of thioether (sulfide) groups is 1. The minimum atomic E-state index is -1.12. The lowest BCUT2D eigenvalue weighted by molar-refractivity contribution is -0.139. The fourth-order valence-electron chi connectivity index (χ4n) is 1.77. The molecule has 3 N–H and O–H groups in total. The van der Waals surface area contributed by atoms with Crippen LogP contribution in [-0.2, 0) is 17.0 Å². The maximum absolute atomic E-state index is 12.0. The number of aromatic amines is 1. The number of rotatable bonds is 7. The van der Waals surface area contributed by atoms with Gasteiger partial charge < -0.3 is 19.8 Å². The van der Waals surface area contributed by atoms with Crippen molar-refractivity contribution >= 4 is 23.6 Å². The summed E-state index contributed by atoms with van der Waals surface area (Å²) in [5.41, 5.74) is 0.630. The van der Waals surface area contributed by atoms with Gasteiger partial charge in [0.25, 0.3) is 5.91 Å². The topological polar surface area (TPSA) is 108 Å². The second kappa shape index (κ2) is 6.98. The Hall–Kier alpha value is -2.22. The first-order valence-electron chi connectivity index (χ1n) is 6.18. The summed E-state index contributed by atoms with van der Waals surface area (Å²) in [4.78, 5) is 29.8. The SMILES string of the molecule is CSCc1ccc(C(=O)N[C@H](Cc2cnc[nH]2)C(=O)O)o1. The van der Waals surface area contributed by atoms with E-state index in [9.17, 15) is 14.7 Å². The highest BCUT2D eigenvalue weighted by molar-refractivity contribution is 7.97. The Labute approximate surface area is 125 Å². The highest BCUT2D eigenvalue weighted by atomic mass is 32.2. The number of furan rings is 1. The van der Waals surface area contributed by atoms with Crippen LogP contribution in [0.2, 0.25) is 0 Å². The zero-order valence-electron chi connectivity index (χ0n) is 11.3. The van der Waals surface area contributed by atoms with Crippen LogP contribution in [0.15, 0.2) is 29.1 Å². The van der Waals surface area contributed by atoms with Gasteiger partial charge in [-0.25, -0.2) is 9.78 Å². The molecule has 0 radical (unpaired) electrons. The average molecular weight is 309 g/mol.